The van der Waals surface area contributed by atoms with Crippen molar-refractivity contribution in [3.8, 4) is 16.9 Å². The van der Waals surface area contributed by atoms with E-state index < -0.39 is 11.3 Å². The van der Waals surface area contributed by atoms with E-state index in [4.69, 9.17) is 16.3 Å². The molecule has 1 aliphatic rings. The fourth-order valence-corrected chi connectivity index (χ4v) is 3.73. The Balaban J connectivity index is 1.85. The summed E-state index contributed by atoms with van der Waals surface area (Å²) in [6, 6.07) is 11.2. The maximum absolute atomic E-state index is 13.1. The predicted molar refractivity (Wildman–Crippen MR) is 119 cm³/mol. The quantitative estimate of drug-likeness (QED) is 0.474. The van der Waals surface area contributed by atoms with E-state index in [1.54, 1.807) is 31.6 Å². The number of methoxy groups -OCH3 is 1. The second-order valence-corrected chi connectivity index (χ2v) is 7.39. The zero-order chi connectivity index (χ0) is 21.1. The zero-order valence-corrected chi connectivity index (χ0v) is 17.1. The van der Waals surface area contributed by atoms with Gasteiger partial charge in [0.2, 0.25) is 0 Å². The van der Waals surface area contributed by atoms with Crippen molar-refractivity contribution in [3.63, 3.8) is 0 Å². The summed E-state index contributed by atoms with van der Waals surface area (Å²) < 4.78 is 5.16. The standard InChI is InChI=1S/C24H19ClN2O3/c1-30-18-11-15(13-26-14-18)7-10-21(28)23-22(16-5-3-2-4-6-16)19-12-17(25)8-9-20(19)27-24(23)29/h2-7,10-14H,8-9H2,1H3,(H,27,29)/b10-7+. The van der Waals surface area contributed by atoms with Crippen LogP contribution in [-0.2, 0) is 6.42 Å². The number of aryl methyl sites for hydroxylation is 1. The normalized spacial score (nSPS) is 13.1. The van der Waals surface area contributed by atoms with Gasteiger partial charge in [-0.05, 0) is 48.3 Å². The highest BCUT2D eigenvalue weighted by atomic mass is 35.5. The van der Waals surface area contributed by atoms with Gasteiger partial charge in [0.1, 0.15) is 5.75 Å². The number of nitrogens with one attached hydrogen (secondary N) is 1. The van der Waals surface area contributed by atoms with Gasteiger partial charge in [-0.25, -0.2) is 0 Å². The first-order valence-corrected chi connectivity index (χ1v) is 9.86. The number of ketones is 1. The molecule has 0 unspecified atom stereocenters. The number of pyridine rings is 2. The third-order valence-corrected chi connectivity index (χ3v) is 5.25. The minimum atomic E-state index is -0.405. The molecule has 0 radical (unpaired) electrons. The van der Waals surface area contributed by atoms with Gasteiger partial charge in [0.25, 0.3) is 5.56 Å². The van der Waals surface area contributed by atoms with Crippen LogP contribution in [0, 0.1) is 0 Å². The molecule has 0 saturated carbocycles. The van der Waals surface area contributed by atoms with E-state index >= 15 is 0 Å². The number of fused-ring (bicyclic) bond motifs is 1. The van der Waals surface area contributed by atoms with Crippen LogP contribution < -0.4 is 10.3 Å². The second-order valence-electron chi connectivity index (χ2n) is 6.91. The summed E-state index contributed by atoms with van der Waals surface area (Å²) in [6.45, 7) is 0. The molecule has 0 bridgehead atoms. The van der Waals surface area contributed by atoms with E-state index in [2.05, 4.69) is 9.97 Å². The Bertz CT molecular complexity index is 1230. The van der Waals surface area contributed by atoms with Gasteiger partial charge in [-0.3, -0.25) is 14.6 Å². The minimum absolute atomic E-state index is 0.0923. The number of H-pyrrole nitrogens is 1. The molecule has 0 saturated heterocycles. The molecule has 6 heteroatoms. The lowest BCUT2D eigenvalue weighted by Crippen LogP contribution is -2.22. The Morgan fingerprint density at radius 1 is 1.20 bits per heavy atom. The first-order valence-electron chi connectivity index (χ1n) is 9.49. The number of aromatic nitrogens is 2. The van der Waals surface area contributed by atoms with Crippen molar-refractivity contribution in [3.05, 3.63) is 92.6 Å². The fourth-order valence-electron chi connectivity index (χ4n) is 3.53. The highest BCUT2D eigenvalue weighted by molar-refractivity contribution is 6.32. The third-order valence-electron chi connectivity index (χ3n) is 4.96. The molecule has 2 heterocycles. The Kier molecular flexibility index (Phi) is 5.63. The van der Waals surface area contributed by atoms with Gasteiger partial charge in [0.05, 0.1) is 18.9 Å². The fraction of sp³-hybridized carbons (Fsp3) is 0.125. The van der Waals surface area contributed by atoms with E-state index in [0.717, 1.165) is 16.8 Å². The Labute approximate surface area is 178 Å². The molecule has 0 aliphatic heterocycles. The lowest BCUT2D eigenvalue weighted by Gasteiger charge is -2.19. The van der Waals surface area contributed by atoms with Crippen LogP contribution in [0.25, 0.3) is 23.3 Å². The Hall–Kier alpha value is -3.44. The topological polar surface area (TPSA) is 72.0 Å². The van der Waals surface area contributed by atoms with Crippen molar-refractivity contribution < 1.29 is 9.53 Å². The van der Waals surface area contributed by atoms with E-state index in [0.29, 0.717) is 34.8 Å². The van der Waals surface area contributed by atoms with E-state index in [1.165, 1.54) is 6.08 Å². The Morgan fingerprint density at radius 3 is 2.77 bits per heavy atom. The molecule has 1 N–H and O–H groups in total. The molecule has 0 spiro atoms. The number of rotatable bonds is 5. The molecule has 0 atom stereocenters. The van der Waals surface area contributed by atoms with E-state index in [9.17, 15) is 9.59 Å². The number of hydrogen-bond donors (Lipinski definition) is 1. The van der Waals surface area contributed by atoms with Gasteiger partial charge >= 0.3 is 0 Å². The monoisotopic (exact) mass is 418 g/mol. The highest BCUT2D eigenvalue weighted by Crippen LogP contribution is 2.34. The van der Waals surface area contributed by atoms with Crippen LogP contribution >= 0.6 is 11.6 Å². The van der Waals surface area contributed by atoms with Gasteiger partial charge in [-0.1, -0.05) is 41.9 Å². The van der Waals surface area contributed by atoms with Crippen LogP contribution in [-0.4, -0.2) is 22.9 Å². The summed E-state index contributed by atoms with van der Waals surface area (Å²) >= 11 is 6.30. The molecule has 0 fully saturated rings. The van der Waals surface area contributed by atoms with Crippen LogP contribution in [0.5, 0.6) is 5.75 Å². The maximum atomic E-state index is 13.1. The number of ether oxygens (including phenoxy) is 1. The number of halogens is 1. The minimum Gasteiger partial charge on any atom is -0.495 e. The van der Waals surface area contributed by atoms with Crippen LogP contribution in [0.3, 0.4) is 0 Å². The number of benzene rings is 1. The van der Waals surface area contributed by atoms with Gasteiger partial charge < -0.3 is 9.72 Å². The average Bonchev–Trinajstić information content (AvgIpc) is 2.77. The first-order chi connectivity index (χ1) is 14.6. The SMILES string of the molecule is COc1cncc(/C=C/C(=O)c2c(-c3ccccc3)c3c([nH]c2=O)CCC(Cl)=C3)c1. The van der Waals surface area contributed by atoms with Crippen molar-refractivity contribution in [2.75, 3.05) is 7.11 Å². The molecule has 150 valence electrons. The van der Waals surface area contributed by atoms with Crippen molar-refractivity contribution >= 4 is 29.5 Å². The van der Waals surface area contributed by atoms with E-state index in [-0.39, 0.29) is 5.56 Å². The van der Waals surface area contributed by atoms with Gasteiger partial charge in [-0.2, -0.15) is 0 Å². The van der Waals surface area contributed by atoms with Gasteiger partial charge in [-0.15, -0.1) is 0 Å². The summed E-state index contributed by atoms with van der Waals surface area (Å²) in [6.07, 6.45) is 9.32. The van der Waals surface area contributed by atoms with Crippen molar-refractivity contribution in [2.45, 2.75) is 12.8 Å². The number of carbonyl (C=O) groups excluding carboxylic acids is 1. The number of hydrogen-bond acceptors (Lipinski definition) is 4. The first kappa shape index (κ1) is 19.9. The number of carbonyl (C=O) groups is 1. The number of nitrogens with zero attached hydrogens (tertiary/aromatic N) is 1. The highest BCUT2D eigenvalue weighted by Gasteiger charge is 2.23. The van der Waals surface area contributed by atoms with E-state index in [1.807, 2.05) is 36.4 Å². The van der Waals surface area contributed by atoms with Crippen molar-refractivity contribution in [1.82, 2.24) is 9.97 Å². The molecule has 30 heavy (non-hydrogen) atoms. The molecule has 4 rings (SSSR count). The molecule has 1 aliphatic carbocycles. The smallest absolute Gasteiger partial charge is 0.260 e. The largest absolute Gasteiger partial charge is 0.495 e. The van der Waals surface area contributed by atoms with Gasteiger partial charge in [0.15, 0.2) is 5.78 Å². The summed E-state index contributed by atoms with van der Waals surface area (Å²) in [5.74, 6) is 0.191. The third kappa shape index (κ3) is 3.98. The van der Waals surface area contributed by atoms with Crippen LogP contribution in [0.4, 0.5) is 0 Å². The van der Waals surface area contributed by atoms with Crippen molar-refractivity contribution in [2.24, 2.45) is 0 Å². The molecule has 5 nitrogen and oxygen atoms in total. The summed E-state index contributed by atoms with van der Waals surface area (Å²) in [5.41, 5.74) is 3.36. The number of aromatic amines is 1. The van der Waals surface area contributed by atoms with Crippen LogP contribution in [0.1, 0.15) is 33.6 Å². The molecule has 0 amide bonds. The Morgan fingerprint density at radius 2 is 2.00 bits per heavy atom. The summed E-state index contributed by atoms with van der Waals surface area (Å²) in [5, 5.41) is 0.697. The predicted octanol–water partition coefficient (Wildman–Crippen LogP) is 4.87. The molecular formula is C24H19ClN2O3. The molecule has 1 aromatic carbocycles. The van der Waals surface area contributed by atoms with Crippen LogP contribution in [0.2, 0.25) is 0 Å². The lowest BCUT2D eigenvalue weighted by molar-refractivity contribution is 0.104. The van der Waals surface area contributed by atoms with Crippen molar-refractivity contribution in [1.29, 1.82) is 0 Å². The average molecular weight is 419 g/mol. The molecular weight excluding hydrogens is 400 g/mol. The maximum Gasteiger partial charge on any atom is 0.260 e. The second kappa shape index (κ2) is 8.51. The van der Waals surface area contributed by atoms with Gasteiger partial charge in [0, 0.05) is 28.0 Å². The molecule has 2 aromatic heterocycles. The summed E-state index contributed by atoms with van der Waals surface area (Å²) in [4.78, 5) is 33.0. The van der Waals surface area contributed by atoms with Crippen LogP contribution in [0.15, 0.2) is 64.7 Å². The lowest BCUT2D eigenvalue weighted by atomic mass is 9.89. The zero-order valence-electron chi connectivity index (χ0n) is 16.3. The summed E-state index contributed by atoms with van der Waals surface area (Å²) in [7, 11) is 1.55. The number of allylic oxidation sites excluding steroid dienone is 2. The molecule has 3 aromatic rings.